The molecular weight excluding hydrogens is 516 g/mol. The molecule has 0 saturated heterocycles. The Bertz CT molecular complexity index is 1130. The first kappa shape index (κ1) is 27.5. The molecule has 6 heteroatoms. The molecule has 0 spiro atoms. The van der Waals surface area contributed by atoms with Crippen molar-refractivity contribution in [3.05, 3.63) is 99.5 Å². The summed E-state index contributed by atoms with van der Waals surface area (Å²) in [6, 6.07) is 22.7. The lowest BCUT2D eigenvalue weighted by Gasteiger charge is -2.31. The Balaban J connectivity index is 1.88. The van der Waals surface area contributed by atoms with Crippen LogP contribution in [0.5, 0.6) is 5.75 Å². The van der Waals surface area contributed by atoms with E-state index in [1.165, 1.54) is 0 Å². The second-order valence-corrected chi connectivity index (χ2v) is 9.95. The van der Waals surface area contributed by atoms with Crippen molar-refractivity contribution in [3.63, 3.8) is 0 Å². The predicted molar refractivity (Wildman–Crippen MR) is 148 cm³/mol. The zero-order valence-corrected chi connectivity index (χ0v) is 22.9. The van der Waals surface area contributed by atoms with Crippen LogP contribution in [-0.4, -0.2) is 35.9 Å². The third-order valence-electron chi connectivity index (χ3n) is 6.21. The molecule has 0 saturated carbocycles. The lowest BCUT2D eigenvalue weighted by Crippen LogP contribution is -2.51. The molecule has 0 bridgehead atoms. The molecular formula is C30H35BrN2O3. The van der Waals surface area contributed by atoms with Crippen LogP contribution in [0.4, 0.5) is 0 Å². The first-order valence-corrected chi connectivity index (χ1v) is 13.2. The Morgan fingerprint density at radius 2 is 1.67 bits per heavy atom. The van der Waals surface area contributed by atoms with Gasteiger partial charge in [0.15, 0.2) is 6.61 Å². The molecule has 3 aromatic rings. The number of halogens is 1. The van der Waals surface area contributed by atoms with Crippen molar-refractivity contribution < 1.29 is 14.3 Å². The highest BCUT2D eigenvalue weighted by molar-refractivity contribution is 9.10. The first-order valence-electron chi connectivity index (χ1n) is 12.4. The second kappa shape index (κ2) is 13.8. The number of nitrogens with zero attached hydrogens (tertiary/aromatic N) is 1. The van der Waals surface area contributed by atoms with Crippen molar-refractivity contribution >= 4 is 27.7 Å². The fourth-order valence-corrected chi connectivity index (χ4v) is 4.14. The monoisotopic (exact) mass is 550 g/mol. The lowest BCUT2D eigenvalue weighted by molar-refractivity contribution is -0.142. The normalized spacial score (nSPS) is 11.6. The van der Waals surface area contributed by atoms with Crippen LogP contribution in [-0.2, 0) is 22.6 Å². The van der Waals surface area contributed by atoms with E-state index in [1.54, 1.807) is 4.90 Å². The largest absolute Gasteiger partial charge is 0.484 e. The highest BCUT2D eigenvalue weighted by Gasteiger charge is 2.30. The molecule has 0 aromatic heterocycles. The minimum absolute atomic E-state index is 0.146. The molecule has 36 heavy (non-hydrogen) atoms. The number of carbonyl (C=O) groups is 2. The van der Waals surface area contributed by atoms with Crippen LogP contribution < -0.4 is 10.1 Å². The fraction of sp³-hybridized carbons (Fsp3) is 0.333. The summed E-state index contributed by atoms with van der Waals surface area (Å²) >= 11 is 3.47. The van der Waals surface area contributed by atoms with Crippen molar-refractivity contribution in [2.45, 2.75) is 52.6 Å². The molecule has 2 amide bonds. The van der Waals surface area contributed by atoms with Crippen LogP contribution >= 0.6 is 15.9 Å². The zero-order chi connectivity index (χ0) is 25.9. The molecule has 3 aromatic carbocycles. The molecule has 0 heterocycles. The summed E-state index contributed by atoms with van der Waals surface area (Å²) in [6.07, 6.45) is 2.29. The Morgan fingerprint density at radius 1 is 0.944 bits per heavy atom. The number of amides is 2. The lowest BCUT2D eigenvalue weighted by atomic mass is 10.0. The molecule has 0 fully saturated rings. The Hall–Kier alpha value is -3.12. The number of aryl methyl sites for hydroxylation is 2. The number of rotatable bonds is 12. The van der Waals surface area contributed by atoms with Crippen LogP contribution in [0, 0.1) is 13.8 Å². The van der Waals surface area contributed by atoms with Crippen molar-refractivity contribution in [1.82, 2.24) is 10.2 Å². The van der Waals surface area contributed by atoms with Crippen LogP contribution in [0.1, 0.15) is 42.0 Å². The summed E-state index contributed by atoms with van der Waals surface area (Å²) in [5.74, 6) is 0.258. The first-order chi connectivity index (χ1) is 17.4. The van der Waals surface area contributed by atoms with E-state index in [2.05, 4.69) is 28.2 Å². The molecule has 5 nitrogen and oxygen atoms in total. The highest BCUT2D eigenvalue weighted by atomic mass is 79.9. The van der Waals surface area contributed by atoms with Crippen molar-refractivity contribution in [1.29, 1.82) is 0 Å². The molecule has 190 valence electrons. The predicted octanol–water partition coefficient (Wildman–Crippen LogP) is 6.00. The van der Waals surface area contributed by atoms with Crippen molar-refractivity contribution in [2.75, 3.05) is 13.2 Å². The van der Waals surface area contributed by atoms with Crippen LogP contribution in [0.3, 0.4) is 0 Å². The van der Waals surface area contributed by atoms with E-state index in [4.69, 9.17) is 4.74 Å². The average Bonchev–Trinajstić information content (AvgIpc) is 2.88. The minimum atomic E-state index is -0.663. The quantitative estimate of drug-likeness (QED) is 0.281. The molecule has 0 aliphatic rings. The Morgan fingerprint density at radius 3 is 2.33 bits per heavy atom. The SMILES string of the molecule is CCCCNC(=O)[C@@H](Cc1ccccc1)N(Cc1ccc(Br)cc1)C(=O)COc1ccc(C)c(C)c1. The minimum Gasteiger partial charge on any atom is -0.484 e. The number of nitrogens with one attached hydrogen (secondary N) is 1. The highest BCUT2D eigenvalue weighted by Crippen LogP contribution is 2.19. The number of unbranched alkanes of at least 4 members (excludes halogenated alkanes) is 1. The van der Waals surface area contributed by atoms with Gasteiger partial charge in [0.25, 0.3) is 5.91 Å². The number of carbonyl (C=O) groups excluding carboxylic acids is 2. The molecule has 3 rings (SSSR count). The average molecular weight is 552 g/mol. The molecule has 1 N–H and O–H groups in total. The maximum Gasteiger partial charge on any atom is 0.261 e. The van der Waals surface area contributed by atoms with Crippen molar-refractivity contribution in [3.8, 4) is 5.75 Å². The molecule has 0 radical (unpaired) electrons. The smallest absolute Gasteiger partial charge is 0.261 e. The van der Waals surface area contributed by atoms with Gasteiger partial charge in [-0.3, -0.25) is 9.59 Å². The van der Waals surface area contributed by atoms with E-state index in [0.717, 1.165) is 39.6 Å². The summed E-state index contributed by atoms with van der Waals surface area (Å²) in [6.45, 7) is 6.88. The van der Waals surface area contributed by atoms with Gasteiger partial charge in [-0.15, -0.1) is 0 Å². The Kier molecular flexibility index (Phi) is 10.6. The summed E-state index contributed by atoms with van der Waals surface area (Å²) < 4.78 is 6.85. The number of hydrogen-bond donors (Lipinski definition) is 1. The summed E-state index contributed by atoms with van der Waals surface area (Å²) in [5.41, 5.74) is 4.20. The zero-order valence-electron chi connectivity index (χ0n) is 21.3. The van der Waals surface area contributed by atoms with Gasteiger partial charge in [-0.05, 0) is 66.8 Å². The maximum absolute atomic E-state index is 13.6. The van der Waals surface area contributed by atoms with E-state index in [9.17, 15) is 9.59 Å². The van der Waals surface area contributed by atoms with Gasteiger partial charge in [0.2, 0.25) is 5.91 Å². The van der Waals surface area contributed by atoms with E-state index < -0.39 is 6.04 Å². The third-order valence-corrected chi connectivity index (χ3v) is 6.74. The van der Waals surface area contributed by atoms with E-state index >= 15 is 0 Å². The van der Waals surface area contributed by atoms with Crippen molar-refractivity contribution in [2.24, 2.45) is 0 Å². The topological polar surface area (TPSA) is 58.6 Å². The third kappa shape index (κ3) is 8.23. The summed E-state index contributed by atoms with van der Waals surface area (Å²) in [4.78, 5) is 28.7. The van der Waals surface area contributed by atoms with Crippen LogP contribution in [0.2, 0.25) is 0 Å². The van der Waals surface area contributed by atoms with E-state index in [0.29, 0.717) is 25.3 Å². The van der Waals surface area contributed by atoms with Gasteiger partial charge in [0.05, 0.1) is 0 Å². The standard InChI is InChI=1S/C30H35BrN2O3/c1-4-5-17-32-30(35)28(19-24-9-7-6-8-10-24)33(20-25-12-14-26(31)15-13-25)29(34)21-36-27-16-11-22(2)23(3)18-27/h6-16,18,28H,4-5,17,19-21H2,1-3H3,(H,32,35)/t28-/m1/s1. The van der Waals surface area contributed by atoms with Crippen LogP contribution in [0.25, 0.3) is 0 Å². The van der Waals surface area contributed by atoms with Gasteiger partial charge < -0.3 is 15.0 Å². The summed E-state index contributed by atoms with van der Waals surface area (Å²) in [5, 5.41) is 3.04. The molecule has 0 unspecified atom stereocenters. The second-order valence-electron chi connectivity index (χ2n) is 9.03. The van der Waals surface area contributed by atoms with Gasteiger partial charge in [0.1, 0.15) is 11.8 Å². The molecule has 1 atom stereocenters. The maximum atomic E-state index is 13.6. The van der Waals surface area contributed by atoms with Gasteiger partial charge in [-0.1, -0.05) is 77.8 Å². The molecule has 0 aliphatic carbocycles. The van der Waals surface area contributed by atoms with Crippen LogP contribution in [0.15, 0.2) is 77.3 Å². The van der Waals surface area contributed by atoms with Gasteiger partial charge >= 0.3 is 0 Å². The van der Waals surface area contributed by atoms with Gasteiger partial charge in [-0.2, -0.15) is 0 Å². The fourth-order valence-electron chi connectivity index (χ4n) is 3.88. The Labute approximate surface area is 223 Å². The molecule has 0 aliphatic heterocycles. The van der Waals surface area contributed by atoms with E-state index in [1.807, 2.05) is 86.6 Å². The number of benzene rings is 3. The van der Waals surface area contributed by atoms with Gasteiger partial charge in [0, 0.05) is 24.0 Å². The van der Waals surface area contributed by atoms with Gasteiger partial charge in [-0.25, -0.2) is 0 Å². The number of ether oxygens (including phenoxy) is 1. The van der Waals surface area contributed by atoms with E-state index in [-0.39, 0.29) is 18.4 Å². The number of hydrogen-bond acceptors (Lipinski definition) is 3. The summed E-state index contributed by atoms with van der Waals surface area (Å²) in [7, 11) is 0.